The van der Waals surface area contributed by atoms with E-state index in [1.807, 2.05) is 12.1 Å². The molecule has 0 aliphatic carbocycles. The number of anilines is 1. The molecule has 1 atom stereocenters. The molecule has 0 amide bonds. The predicted octanol–water partition coefficient (Wildman–Crippen LogP) is 4.33. The zero-order chi connectivity index (χ0) is 15.6. The molecule has 5 heteroatoms. The van der Waals surface area contributed by atoms with Crippen LogP contribution >= 0.6 is 11.3 Å². The summed E-state index contributed by atoms with van der Waals surface area (Å²) < 4.78 is 24.3. The van der Waals surface area contributed by atoms with Gasteiger partial charge in [-0.05, 0) is 44.5 Å². The fourth-order valence-corrected chi connectivity index (χ4v) is 4.49. The average molecular weight is 323 g/mol. The van der Waals surface area contributed by atoms with Crippen LogP contribution in [-0.4, -0.2) is 14.2 Å². The SMILES string of the molecule is CCS(=O)(=O)c1ccccc1NC(C)c1cc(C)sc1C. The maximum atomic E-state index is 12.2. The predicted molar refractivity (Wildman–Crippen MR) is 90.0 cm³/mol. The zero-order valence-corrected chi connectivity index (χ0v) is 14.4. The lowest BCUT2D eigenvalue weighted by molar-refractivity contribution is 0.597. The number of nitrogens with one attached hydrogen (secondary N) is 1. The Bertz CT molecular complexity index is 732. The third-order valence-corrected chi connectivity index (χ3v) is 6.29. The monoisotopic (exact) mass is 323 g/mol. The van der Waals surface area contributed by atoms with Gasteiger partial charge in [0.25, 0.3) is 0 Å². The van der Waals surface area contributed by atoms with Gasteiger partial charge >= 0.3 is 0 Å². The van der Waals surface area contributed by atoms with E-state index in [2.05, 4.69) is 32.2 Å². The zero-order valence-electron chi connectivity index (χ0n) is 12.8. The Labute approximate surface area is 130 Å². The standard InChI is InChI=1S/C16H21NO2S2/c1-5-21(18,19)16-9-7-6-8-15(16)17-12(3)14-10-11(2)20-13(14)4/h6-10,12,17H,5H2,1-4H3. The summed E-state index contributed by atoms with van der Waals surface area (Å²) in [6.07, 6.45) is 0. The summed E-state index contributed by atoms with van der Waals surface area (Å²) in [6.45, 7) is 7.91. The summed E-state index contributed by atoms with van der Waals surface area (Å²) >= 11 is 1.76. The molecule has 1 heterocycles. The van der Waals surface area contributed by atoms with Gasteiger partial charge < -0.3 is 5.32 Å². The largest absolute Gasteiger partial charge is 0.377 e. The first kappa shape index (κ1) is 16.0. The first-order valence-electron chi connectivity index (χ1n) is 7.00. The molecule has 0 bridgehead atoms. The lowest BCUT2D eigenvalue weighted by Crippen LogP contribution is -2.12. The third kappa shape index (κ3) is 3.47. The number of para-hydroxylation sites is 1. The second kappa shape index (κ2) is 6.20. The van der Waals surface area contributed by atoms with Crippen molar-refractivity contribution in [2.45, 2.75) is 38.6 Å². The van der Waals surface area contributed by atoms with Gasteiger partial charge in [-0.15, -0.1) is 11.3 Å². The lowest BCUT2D eigenvalue weighted by atomic mass is 10.1. The minimum absolute atomic E-state index is 0.0724. The fraction of sp³-hybridized carbons (Fsp3) is 0.375. The van der Waals surface area contributed by atoms with Gasteiger partial charge in [-0.1, -0.05) is 19.1 Å². The number of hydrogen-bond donors (Lipinski definition) is 1. The molecule has 0 radical (unpaired) electrons. The smallest absolute Gasteiger partial charge is 0.180 e. The molecule has 0 aliphatic rings. The van der Waals surface area contributed by atoms with Gasteiger partial charge in [0.2, 0.25) is 0 Å². The summed E-state index contributed by atoms with van der Waals surface area (Å²) in [5.74, 6) is 0.108. The maximum Gasteiger partial charge on any atom is 0.180 e. The van der Waals surface area contributed by atoms with Crippen molar-refractivity contribution < 1.29 is 8.42 Å². The molecule has 1 unspecified atom stereocenters. The van der Waals surface area contributed by atoms with Crippen LogP contribution in [0, 0.1) is 13.8 Å². The van der Waals surface area contributed by atoms with Gasteiger partial charge in [-0.25, -0.2) is 8.42 Å². The van der Waals surface area contributed by atoms with E-state index in [1.54, 1.807) is 30.4 Å². The molecule has 1 aromatic carbocycles. The number of benzene rings is 1. The molecule has 2 rings (SSSR count). The van der Waals surface area contributed by atoms with E-state index in [1.165, 1.54) is 15.3 Å². The highest BCUT2D eigenvalue weighted by molar-refractivity contribution is 7.91. The molecule has 2 aromatic rings. The summed E-state index contributed by atoms with van der Waals surface area (Å²) in [6, 6.07) is 9.35. The van der Waals surface area contributed by atoms with Gasteiger partial charge in [0.05, 0.1) is 16.3 Å². The van der Waals surface area contributed by atoms with E-state index in [4.69, 9.17) is 0 Å². The Hall–Kier alpha value is -1.33. The van der Waals surface area contributed by atoms with Crippen molar-refractivity contribution in [1.29, 1.82) is 0 Å². The van der Waals surface area contributed by atoms with Gasteiger partial charge in [0, 0.05) is 15.8 Å². The molecule has 21 heavy (non-hydrogen) atoms. The van der Waals surface area contributed by atoms with E-state index in [-0.39, 0.29) is 11.8 Å². The molecule has 1 aromatic heterocycles. The Kier molecular flexibility index (Phi) is 4.74. The van der Waals surface area contributed by atoms with Crippen molar-refractivity contribution in [3.05, 3.63) is 45.6 Å². The molecule has 1 N–H and O–H groups in total. The second-order valence-electron chi connectivity index (χ2n) is 5.13. The van der Waals surface area contributed by atoms with Gasteiger partial charge in [0.15, 0.2) is 9.84 Å². The van der Waals surface area contributed by atoms with Crippen LogP contribution < -0.4 is 5.32 Å². The summed E-state index contributed by atoms with van der Waals surface area (Å²) in [5, 5.41) is 3.35. The molecule has 0 saturated heterocycles. The molecular formula is C16H21NO2S2. The molecule has 0 spiro atoms. The number of thiophene rings is 1. The fourth-order valence-electron chi connectivity index (χ4n) is 2.40. The van der Waals surface area contributed by atoms with Crippen LogP contribution in [-0.2, 0) is 9.84 Å². The van der Waals surface area contributed by atoms with E-state index < -0.39 is 9.84 Å². The molecule has 0 fully saturated rings. The number of rotatable bonds is 5. The first-order chi connectivity index (χ1) is 9.85. The number of aryl methyl sites for hydroxylation is 2. The van der Waals surface area contributed by atoms with Crippen LogP contribution in [0.3, 0.4) is 0 Å². The van der Waals surface area contributed by atoms with Gasteiger partial charge in [0.1, 0.15) is 0 Å². The Morgan fingerprint density at radius 1 is 1.24 bits per heavy atom. The minimum atomic E-state index is -3.22. The molecule has 0 aliphatic heterocycles. The van der Waals surface area contributed by atoms with Crippen molar-refractivity contribution in [2.24, 2.45) is 0 Å². The van der Waals surface area contributed by atoms with Crippen LogP contribution in [0.1, 0.15) is 35.2 Å². The highest BCUT2D eigenvalue weighted by Crippen LogP contribution is 2.31. The van der Waals surface area contributed by atoms with Crippen LogP contribution in [0.25, 0.3) is 0 Å². The van der Waals surface area contributed by atoms with Gasteiger partial charge in [-0.3, -0.25) is 0 Å². The third-order valence-electron chi connectivity index (χ3n) is 3.52. The van der Waals surface area contributed by atoms with E-state index >= 15 is 0 Å². The minimum Gasteiger partial charge on any atom is -0.377 e. The van der Waals surface area contributed by atoms with Gasteiger partial charge in [-0.2, -0.15) is 0 Å². The Balaban J connectivity index is 2.34. The highest BCUT2D eigenvalue weighted by atomic mass is 32.2. The summed E-state index contributed by atoms with van der Waals surface area (Å²) in [5.41, 5.74) is 1.90. The molecular weight excluding hydrogens is 302 g/mol. The van der Waals surface area contributed by atoms with Crippen LogP contribution in [0.4, 0.5) is 5.69 Å². The Morgan fingerprint density at radius 3 is 2.48 bits per heavy atom. The second-order valence-corrected chi connectivity index (χ2v) is 8.84. The first-order valence-corrected chi connectivity index (χ1v) is 9.47. The molecule has 114 valence electrons. The highest BCUT2D eigenvalue weighted by Gasteiger charge is 2.18. The van der Waals surface area contributed by atoms with Crippen molar-refractivity contribution in [2.75, 3.05) is 11.1 Å². The average Bonchev–Trinajstić information content (AvgIpc) is 2.78. The topological polar surface area (TPSA) is 46.2 Å². The summed E-state index contributed by atoms with van der Waals surface area (Å²) in [7, 11) is -3.22. The maximum absolute atomic E-state index is 12.2. The Morgan fingerprint density at radius 2 is 1.90 bits per heavy atom. The van der Waals surface area contributed by atoms with E-state index in [0.717, 1.165) is 0 Å². The van der Waals surface area contributed by atoms with Crippen molar-refractivity contribution in [3.8, 4) is 0 Å². The van der Waals surface area contributed by atoms with Crippen LogP contribution in [0.15, 0.2) is 35.2 Å². The summed E-state index contributed by atoms with van der Waals surface area (Å²) in [4.78, 5) is 2.91. The molecule has 0 saturated carbocycles. The van der Waals surface area contributed by atoms with E-state index in [0.29, 0.717) is 10.6 Å². The molecule has 3 nitrogen and oxygen atoms in total. The lowest BCUT2D eigenvalue weighted by Gasteiger charge is -2.18. The normalized spacial score (nSPS) is 13.1. The quantitative estimate of drug-likeness (QED) is 0.890. The van der Waals surface area contributed by atoms with E-state index in [9.17, 15) is 8.42 Å². The number of sulfone groups is 1. The van der Waals surface area contributed by atoms with Crippen LogP contribution in [0.2, 0.25) is 0 Å². The van der Waals surface area contributed by atoms with Crippen molar-refractivity contribution in [1.82, 2.24) is 0 Å². The van der Waals surface area contributed by atoms with Crippen molar-refractivity contribution >= 4 is 26.9 Å². The van der Waals surface area contributed by atoms with Crippen LogP contribution in [0.5, 0.6) is 0 Å². The number of hydrogen-bond acceptors (Lipinski definition) is 4. The van der Waals surface area contributed by atoms with Crippen molar-refractivity contribution in [3.63, 3.8) is 0 Å².